The molecule has 1 aromatic rings. The predicted octanol–water partition coefficient (Wildman–Crippen LogP) is 1.75. The van der Waals surface area contributed by atoms with Crippen LogP contribution in [0.1, 0.15) is 25.7 Å². The number of aliphatic hydroxyl groups is 1. The molecule has 2 N–H and O–H groups in total. The maximum atomic E-state index is 11.7. The van der Waals surface area contributed by atoms with Crippen molar-refractivity contribution in [3.05, 3.63) is 24.3 Å². The van der Waals surface area contributed by atoms with E-state index in [1.54, 1.807) is 0 Å². The number of carbonyl (C=O) groups is 1. The molecule has 18 heavy (non-hydrogen) atoms. The van der Waals surface area contributed by atoms with Gasteiger partial charge in [0.2, 0.25) is 5.91 Å². The number of benzene rings is 1. The lowest BCUT2D eigenvalue weighted by molar-refractivity contribution is -0.115. The highest BCUT2D eigenvalue weighted by Crippen LogP contribution is 2.34. The molecule has 0 radical (unpaired) electrons. The number of amides is 1. The van der Waals surface area contributed by atoms with E-state index in [1.807, 2.05) is 18.2 Å². The Labute approximate surface area is 107 Å². The van der Waals surface area contributed by atoms with Gasteiger partial charge in [-0.05, 0) is 37.8 Å². The minimum Gasteiger partial charge on any atom is -0.393 e. The normalized spacial score (nSPS) is 27.6. The molecule has 2 aliphatic rings. The van der Waals surface area contributed by atoms with Crippen LogP contribution in [0.5, 0.6) is 0 Å². The summed E-state index contributed by atoms with van der Waals surface area (Å²) in [6.45, 7) is 0.428. The Bertz CT molecular complexity index is 453. The van der Waals surface area contributed by atoms with Gasteiger partial charge in [-0.3, -0.25) is 4.79 Å². The van der Waals surface area contributed by atoms with Crippen LogP contribution < -0.4 is 10.2 Å². The molecular formula is C14H18N2O2. The number of hydrogen-bond acceptors (Lipinski definition) is 3. The van der Waals surface area contributed by atoms with Gasteiger partial charge in [0, 0.05) is 6.04 Å². The zero-order chi connectivity index (χ0) is 12.5. The largest absolute Gasteiger partial charge is 0.393 e. The zero-order valence-electron chi connectivity index (χ0n) is 10.3. The highest BCUT2D eigenvalue weighted by molar-refractivity contribution is 6.01. The Morgan fingerprint density at radius 3 is 2.67 bits per heavy atom. The van der Waals surface area contributed by atoms with Crippen LogP contribution in [0.15, 0.2) is 24.3 Å². The summed E-state index contributed by atoms with van der Waals surface area (Å²) in [7, 11) is 0. The Hall–Kier alpha value is -1.55. The first-order valence-electron chi connectivity index (χ1n) is 6.57. The molecule has 0 bridgehead atoms. The van der Waals surface area contributed by atoms with Gasteiger partial charge in [-0.1, -0.05) is 12.1 Å². The van der Waals surface area contributed by atoms with Crippen molar-refractivity contribution in [2.45, 2.75) is 37.8 Å². The fourth-order valence-corrected chi connectivity index (χ4v) is 2.96. The van der Waals surface area contributed by atoms with Crippen LogP contribution >= 0.6 is 0 Å². The number of hydrogen-bond donors (Lipinski definition) is 2. The number of para-hydroxylation sites is 2. The molecule has 1 saturated carbocycles. The van der Waals surface area contributed by atoms with Gasteiger partial charge in [-0.25, -0.2) is 0 Å². The molecule has 1 aliphatic heterocycles. The van der Waals surface area contributed by atoms with Crippen molar-refractivity contribution < 1.29 is 9.90 Å². The monoisotopic (exact) mass is 246 g/mol. The second-order valence-corrected chi connectivity index (χ2v) is 5.16. The molecule has 96 valence electrons. The van der Waals surface area contributed by atoms with Crippen molar-refractivity contribution in [3.8, 4) is 0 Å². The third kappa shape index (κ3) is 2.08. The summed E-state index contributed by atoms with van der Waals surface area (Å²) in [5, 5.41) is 12.5. The highest BCUT2D eigenvalue weighted by atomic mass is 16.3. The molecular weight excluding hydrogens is 228 g/mol. The lowest BCUT2D eigenvalue weighted by Gasteiger charge is -2.40. The molecule has 0 unspecified atom stereocenters. The highest BCUT2D eigenvalue weighted by Gasteiger charge is 2.30. The van der Waals surface area contributed by atoms with Crippen LogP contribution in [0.3, 0.4) is 0 Å². The van der Waals surface area contributed by atoms with Crippen molar-refractivity contribution >= 4 is 17.3 Å². The van der Waals surface area contributed by atoms with Gasteiger partial charge < -0.3 is 15.3 Å². The fourth-order valence-electron chi connectivity index (χ4n) is 2.96. The quantitative estimate of drug-likeness (QED) is 0.793. The van der Waals surface area contributed by atoms with Crippen LogP contribution in [-0.2, 0) is 4.79 Å². The van der Waals surface area contributed by atoms with E-state index in [4.69, 9.17) is 0 Å². The molecule has 0 saturated heterocycles. The van der Waals surface area contributed by atoms with Crippen molar-refractivity contribution in [2.75, 3.05) is 16.8 Å². The van der Waals surface area contributed by atoms with Gasteiger partial charge in [0.25, 0.3) is 0 Å². The second kappa shape index (κ2) is 4.61. The smallest absolute Gasteiger partial charge is 0.243 e. The van der Waals surface area contributed by atoms with Gasteiger partial charge in [-0.2, -0.15) is 0 Å². The predicted molar refractivity (Wildman–Crippen MR) is 70.7 cm³/mol. The van der Waals surface area contributed by atoms with Crippen molar-refractivity contribution in [1.29, 1.82) is 0 Å². The molecule has 0 aromatic heterocycles. The maximum absolute atomic E-state index is 11.7. The third-order valence-corrected chi connectivity index (χ3v) is 3.91. The first-order chi connectivity index (χ1) is 8.74. The third-order valence-electron chi connectivity index (χ3n) is 3.91. The van der Waals surface area contributed by atoms with Crippen LogP contribution in [0, 0.1) is 0 Å². The summed E-state index contributed by atoms with van der Waals surface area (Å²) in [6, 6.07) is 8.31. The zero-order valence-corrected chi connectivity index (χ0v) is 10.3. The molecule has 4 nitrogen and oxygen atoms in total. The van der Waals surface area contributed by atoms with Gasteiger partial charge >= 0.3 is 0 Å². The van der Waals surface area contributed by atoms with E-state index in [9.17, 15) is 9.90 Å². The molecule has 3 rings (SSSR count). The molecule has 1 aliphatic carbocycles. The van der Waals surface area contributed by atoms with Crippen LogP contribution in [0.25, 0.3) is 0 Å². The second-order valence-electron chi connectivity index (χ2n) is 5.16. The van der Waals surface area contributed by atoms with E-state index in [2.05, 4.69) is 16.3 Å². The molecule has 4 heteroatoms. The summed E-state index contributed by atoms with van der Waals surface area (Å²) in [6.07, 6.45) is 3.44. The van der Waals surface area contributed by atoms with Gasteiger partial charge in [-0.15, -0.1) is 0 Å². The number of nitrogens with one attached hydrogen (secondary N) is 1. The summed E-state index contributed by atoms with van der Waals surface area (Å²) in [4.78, 5) is 13.9. The number of nitrogens with zero attached hydrogens (tertiary/aromatic N) is 1. The number of anilines is 2. The standard InChI is InChI=1S/C14H18N2O2/c17-11-7-5-10(6-8-11)16-9-14(18)15-12-3-1-2-4-13(12)16/h1-4,10-11,17H,5-9H2,(H,15,18). The molecule has 1 fully saturated rings. The minimum atomic E-state index is -0.157. The van der Waals surface area contributed by atoms with E-state index in [0.717, 1.165) is 37.1 Å². The van der Waals surface area contributed by atoms with Crippen LogP contribution in [0.4, 0.5) is 11.4 Å². The minimum absolute atomic E-state index is 0.0554. The Kier molecular flexibility index (Phi) is 2.96. The Morgan fingerprint density at radius 1 is 1.17 bits per heavy atom. The fraction of sp³-hybridized carbons (Fsp3) is 0.500. The Morgan fingerprint density at radius 2 is 1.89 bits per heavy atom. The van der Waals surface area contributed by atoms with E-state index in [-0.39, 0.29) is 12.0 Å². The number of aliphatic hydroxyl groups excluding tert-OH is 1. The van der Waals surface area contributed by atoms with E-state index < -0.39 is 0 Å². The van der Waals surface area contributed by atoms with E-state index in [1.165, 1.54) is 0 Å². The average Bonchev–Trinajstić information content (AvgIpc) is 2.38. The molecule has 1 amide bonds. The van der Waals surface area contributed by atoms with Gasteiger partial charge in [0.05, 0.1) is 24.0 Å². The van der Waals surface area contributed by atoms with Gasteiger partial charge in [0.1, 0.15) is 0 Å². The van der Waals surface area contributed by atoms with E-state index in [0.29, 0.717) is 12.6 Å². The van der Waals surface area contributed by atoms with Gasteiger partial charge in [0.15, 0.2) is 0 Å². The summed E-state index contributed by atoms with van der Waals surface area (Å²) in [5.74, 6) is 0.0554. The molecule has 0 spiro atoms. The average molecular weight is 246 g/mol. The molecule has 0 atom stereocenters. The van der Waals surface area contributed by atoms with E-state index >= 15 is 0 Å². The number of carbonyl (C=O) groups excluding carboxylic acids is 1. The molecule has 1 aromatic carbocycles. The lowest BCUT2D eigenvalue weighted by atomic mass is 9.91. The summed E-state index contributed by atoms with van der Waals surface area (Å²) >= 11 is 0. The topological polar surface area (TPSA) is 52.6 Å². The Balaban J connectivity index is 1.86. The summed E-state index contributed by atoms with van der Waals surface area (Å²) in [5.41, 5.74) is 2.01. The first kappa shape index (κ1) is 11.5. The number of fused-ring (bicyclic) bond motifs is 1. The first-order valence-corrected chi connectivity index (χ1v) is 6.57. The van der Waals surface area contributed by atoms with Crippen molar-refractivity contribution in [3.63, 3.8) is 0 Å². The lowest BCUT2D eigenvalue weighted by Crippen LogP contribution is -2.46. The van der Waals surface area contributed by atoms with Crippen molar-refractivity contribution in [2.24, 2.45) is 0 Å². The summed E-state index contributed by atoms with van der Waals surface area (Å²) < 4.78 is 0. The maximum Gasteiger partial charge on any atom is 0.243 e. The number of rotatable bonds is 1. The SMILES string of the molecule is O=C1CN(C2CCC(O)CC2)c2ccccc2N1. The van der Waals surface area contributed by atoms with Crippen LogP contribution in [-0.4, -0.2) is 29.7 Å². The van der Waals surface area contributed by atoms with Crippen molar-refractivity contribution in [1.82, 2.24) is 0 Å². The van der Waals surface area contributed by atoms with Crippen LogP contribution in [0.2, 0.25) is 0 Å². The molecule has 1 heterocycles.